The SMILES string of the molecule is C[C@@H](N)C1CCC(C(=O)Nc2ccncc2)CC1.[Cl][Pt].[NH-]CC[NH-]. The number of carbonyl (C=O) groups excluding carboxylic acids is 1. The number of nitrogens with zero attached hydrogens (tertiary/aromatic N) is 1. The van der Waals surface area contributed by atoms with E-state index in [0.717, 1.165) is 31.4 Å². The minimum absolute atomic E-state index is 0.129. The van der Waals surface area contributed by atoms with E-state index in [0.29, 0.717) is 5.92 Å². The van der Waals surface area contributed by atoms with Crippen LogP contribution in [0, 0.1) is 11.8 Å². The van der Waals surface area contributed by atoms with Gasteiger partial charge in [0.1, 0.15) is 0 Å². The third-order valence-electron chi connectivity index (χ3n) is 3.96. The summed E-state index contributed by atoms with van der Waals surface area (Å²) >= 11 is 1.61. The number of halogens is 1. The van der Waals surface area contributed by atoms with Crippen molar-refractivity contribution in [2.75, 3.05) is 18.4 Å². The maximum Gasteiger partial charge on any atom is -0.171 e. The van der Waals surface area contributed by atoms with Crippen LogP contribution in [-0.2, 0) is 23.6 Å². The molecule has 1 fully saturated rings. The van der Waals surface area contributed by atoms with E-state index in [1.807, 2.05) is 12.1 Å². The monoisotopic (exact) mass is 535 g/mol. The first-order valence-corrected chi connectivity index (χ1v) is 10.8. The van der Waals surface area contributed by atoms with Crippen LogP contribution in [0.1, 0.15) is 32.6 Å². The molecular weight excluding hydrogens is 509 g/mol. The topological polar surface area (TPSA) is 116 Å². The first kappa shape index (κ1) is 23.5. The Morgan fingerprint density at radius 2 is 1.79 bits per heavy atom. The predicted octanol–water partition coefficient (Wildman–Crippen LogP) is 3.95. The molecule has 0 unspecified atom stereocenters. The fourth-order valence-corrected chi connectivity index (χ4v) is 2.59. The summed E-state index contributed by atoms with van der Waals surface area (Å²) in [5.74, 6) is 0.840. The molecule has 1 saturated carbocycles. The second-order valence-corrected chi connectivity index (χ2v) is 5.70. The van der Waals surface area contributed by atoms with Crippen LogP contribution < -0.4 is 11.1 Å². The number of hydrogen-bond donors (Lipinski definition) is 2. The molecule has 1 aromatic heterocycles. The second kappa shape index (κ2) is 14.8. The molecule has 1 atom stereocenters. The van der Waals surface area contributed by atoms with E-state index in [-0.39, 0.29) is 31.0 Å². The molecule has 1 aromatic rings. The predicted molar refractivity (Wildman–Crippen MR) is 96.2 cm³/mol. The summed E-state index contributed by atoms with van der Waals surface area (Å²) in [4.78, 5) is 16.0. The van der Waals surface area contributed by atoms with E-state index in [4.69, 9.17) is 17.2 Å². The smallest absolute Gasteiger partial charge is 0.171 e. The Hall–Kier alpha value is -0.522. The molecule has 24 heavy (non-hydrogen) atoms. The number of anilines is 1. The van der Waals surface area contributed by atoms with Gasteiger partial charge in [0.05, 0.1) is 0 Å². The first-order chi connectivity index (χ1) is 11.6. The molecule has 0 aliphatic heterocycles. The molecular formula is C16H27ClN5OPt-2. The van der Waals surface area contributed by atoms with Gasteiger partial charge in [-0.3, -0.25) is 9.78 Å². The summed E-state index contributed by atoms with van der Waals surface area (Å²) < 4.78 is 0. The molecule has 0 aromatic carbocycles. The number of pyridine rings is 1. The zero-order valence-electron chi connectivity index (χ0n) is 13.9. The van der Waals surface area contributed by atoms with Crippen molar-refractivity contribution >= 4 is 21.0 Å². The van der Waals surface area contributed by atoms with Crippen LogP contribution in [-0.4, -0.2) is 30.0 Å². The van der Waals surface area contributed by atoms with Crippen LogP contribution >= 0.6 is 9.42 Å². The van der Waals surface area contributed by atoms with Crippen LogP contribution in [0.15, 0.2) is 24.5 Å². The van der Waals surface area contributed by atoms with Crippen LogP contribution in [0.5, 0.6) is 0 Å². The van der Waals surface area contributed by atoms with Crippen LogP contribution in [0.25, 0.3) is 11.5 Å². The Labute approximate surface area is 160 Å². The number of nitrogens with one attached hydrogen (secondary N) is 3. The summed E-state index contributed by atoms with van der Waals surface area (Å²) in [6, 6.07) is 3.87. The van der Waals surface area contributed by atoms with E-state index in [1.54, 1.807) is 31.2 Å². The van der Waals surface area contributed by atoms with E-state index < -0.39 is 0 Å². The van der Waals surface area contributed by atoms with Gasteiger partial charge in [0.15, 0.2) is 0 Å². The first-order valence-electron chi connectivity index (χ1n) is 7.96. The number of hydrogen-bond acceptors (Lipinski definition) is 3. The molecule has 1 aliphatic rings. The van der Waals surface area contributed by atoms with Crippen molar-refractivity contribution in [1.82, 2.24) is 4.98 Å². The van der Waals surface area contributed by atoms with Gasteiger partial charge in [-0.25, -0.2) is 0 Å². The van der Waals surface area contributed by atoms with Crippen molar-refractivity contribution in [3.63, 3.8) is 0 Å². The summed E-state index contributed by atoms with van der Waals surface area (Å²) in [5.41, 5.74) is 19.3. The molecule has 1 heterocycles. The van der Waals surface area contributed by atoms with Crippen LogP contribution in [0.3, 0.4) is 0 Å². The maximum absolute atomic E-state index is 12.1. The van der Waals surface area contributed by atoms with Crippen molar-refractivity contribution in [3.05, 3.63) is 36.0 Å². The molecule has 141 valence electrons. The minimum atomic E-state index is 0.129. The summed E-state index contributed by atoms with van der Waals surface area (Å²) in [6.07, 6.45) is 7.38. The van der Waals surface area contributed by atoms with Gasteiger partial charge in [-0.15, -0.1) is 0 Å². The van der Waals surface area contributed by atoms with Gasteiger partial charge in [-0.2, -0.15) is 13.1 Å². The summed E-state index contributed by atoms with van der Waals surface area (Å²) in [5, 5.41) is 2.95. The summed E-state index contributed by atoms with van der Waals surface area (Å²) in [6.45, 7) is 2.53. The van der Waals surface area contributed by atoms with E-state index in [9.17, 15) is 4.79 Å². The van der Waals surface area contributed by atoms with Gasteiger partial charge in [0.25, 0.3) is 0 Å². The Morgan fingerprint density at radius 3 is 2.21 bits per heavy atom. The Kier molecular flexibility index (Phi) is 14.5. The fraction of sp³-hybridized carbons (Fsp3) is 0.625. The van der Waals surface area contributed by atoms with E-state index in [1.165, 1.54) is 0 Å². The molecule has 1 aliphatic carbocycles. The van der Waals surface area contributed by atoms with E-state index in [2.05, 4.69) is 26.6 Å². The standard InChI is InChI=1S/C14H21N3O.C2H6N2.ClH.Pt/c1-10(15)11-2-4-12(5-3-11)14(18)17-13-6-8-16-9-7-13;3-1-2-4;;/h6-12H,2-5,15H2,1H3,(H,16,17,18);3-4H,1-2H2;1H;/q;-2;;+1/p-1/t10-,11?,12?;;;/m1.../s1. The number of aromatic nitrogens is 1. The number of rotatable bonds is 4. The van der Waals surface area contributed by atoms with Gasteiger partial charge in [0, 0.05) is 30.0 Å². The Bertz CT molecular complexity index is 426. The third kappa shape index (κ3) is 9.70. The molecule has 1 amide bonds. The number of carbonyl (C=O) groups is 1. The molecule has 5 N–H and O–H groups in total. The molecule has 0 bridgehead atoms. The summed E-state index contributed by atoms with van der Waals surface area (Å²) in [7, 11) is 4.61. The normalized spacial score (nSPS) is 20.6. The largest absolute Gasteiger partial charge is 0.679 e. The quantitative estimate of drug-likeness (QED) is 0.608. The van der Waals surface area contributed by atoms with Crippen molar-refractivity contribution in [1.29, 1.82) is 0 Å². The fourth-order valence-electron chi connectivity index (χ4n) is 2.59. The Balaban J connectivity index is 0.000000773. The van der Waals surface area contributed by atoms with Gasteiger partial charge in [-0.1, -0.05) is 0 Å². The molecule has 8 heteroatoms. The molecule has 6 nitrogen and oxygen atoms in total. The average molecular weight is 536 g/mol. The molecule has 2 rings (SSSR count). The van der Waals surface area contributed by atoms with Crippen molar-refractivity contribution in [3.8, 4) is 0 Å². The number of amides is 1. The van der Waals surface area contributed by atoms with Crippen LogP contribution in [0.2, 0.25) is 0 Å². The van der Waals surface area contributed by atoms with Crippen molar-refractivity contribution in [2.45, 2.75) is 38.6 Å². The van der Waals surface area contributed by atoms with Gasteiger partial charge in [0.2, 0.25) is 5.91 Å². The Morgan fingerprint density at radius 1 is 1.29 bits per heavy atom. The molecule has 0 radical (unpaired) electrons. The second-order valence-electron chi connectivity index (χ2n) is 5.70. The van der Waals surface area contributed by atoms with Crippen LogP contribution in [0.4, 0.5) is 5.69 Å². The van der Waals surface area contributed by atoms with Gasteiger partial charge in [-0.05, 0) is 50.7 Å². The number of nitrogens with two attached hydrogens (primary N) is 1. The molecule has 0 saturated heterocycles. The maximum atomic E-state index is 12.1. The molecule has 0 spiro atoms. The van der Waals surface area contributed by atoms with Gasteiger partial charge < -0.3 is 22.5 Å². The van der Waals surface area contributed by atoms with Gasteiger partial charge >= 0.3 is 28.2 Å². The van der Waals surface area contributed by atoms with Crippen molar-refractivity contribution in [2.24, 2.45) is 17.6 Å². The van der Waals surface area contributed by atoms with E-state index >= 15 is 0 Å². The third-order valence-corrected chi connectivity index (χ3v) is 3.96. The van der Waals surface area contributed by atoms with Crippen molar-refractivity contribution < 1.29 is 23.6 Å². The average Bonchev–Trinajstić information content (AvgIpc) is 2.64. The zero-order valence-corrected chi connectivity index (χ0v) is 16.9. The zero-order chi connectivity index (χ0) is 18.4. The minimum Gasteiger partial charge on any atom is -0.679 e.